The maximum absolute atomic E-state index is 5.47. The summed E-state index contributed by atoms with van der Waals surface area (Å²) in [7, 11) is 0. The molecule has 2 unspecified atom stereocenters. The Kier molecular flexibility index (Phi) is 7.70. The Morgan fingerprint density at radius 3 is 2.50 bits per heavy atom. The van der Waals surface area contributed by atoms with E-state index >= 15 is 0 Å². The van der Waals surface area contributed by atoms with Crippen molar-refractivity contribution in [1.82, 2.24) is 5.32 Å². The number of ether oxygens (including phenoxy) is 1. The van der Waals surface area contributed by atoms with Crippen molar-refractivity contribution >= 4 is 0 Å². The van der Waals surface area contributed by atoms with Gasteiger partial charge in [-0.3, -0.25) is 0 Å². The number of rotatable bonds is 9. The zero-order chi connectivity index (χ0) is 13.2. The zero-order valence-electron chi connectivity index (χ0n) is 12.0. The molecule has 1 N–H and O–H groups in total. The van der Waals surface area contributed by atoms with Gasteiger partial charge in [0.1, 0.15) is 0 Å². The second-order valence-corrected chi connectivity index (χ2v) is 4.81. The largest absolute Gasteiger partial charge is 0.382 e. The minimum Gasteiger partial charge on any atom is -0.382 e. The summed E-state index contributed by atoms with van der Waals surface area (Å²) in [6.45, 7) is 9.30. The predicted octanol–water partition coefficient (Wildman–Crippen LogP) is 3.79. The van der Waals surface area contributed by atoms with Crippen LogP contribution >= 0.6 is 0 Å². The van der Waals surface area contributed by atoms with Gasteiger partial charge in [-0.05, 0) is 37.8 Å². The van der Waals surface area contributed by atoms with Crippen LogP contribution in [0.5, 0.6) is 0 Å². The highest BCUT2D eigenvalue weighted by atomic mass is 16.5. The van der Waals surface area contributed by atoms with Crippen LogP contribution in [0.2, 0.25) is 0 Å². The summed E-state index contributed by atoms with van der Waals surface area (Å²) in [6, 6.07) is 11.2. The topological polar surface area (TPSA) is 21.3 Å². The Bertz CT molecular complexity index is 299. The van der Waals surface area contributed by atoms with Crippen LogP contribution < -0.4 is 5.32 Å². The summed E-state index contributed by atoms with van der Waals surface area (Å²) >= 11 is 0. The van der Waals surface area contributed by atoms with Gasteiger partial charge >= 0.3 is 0 Å². The molecule has 0 radical (unpaired) electrons. The second kappa shape index (κ2) is 9.12. The molecule has 2 atom stereocenters. The Morgan fingerprint density at radius 2 is 1.89 bits per heavy atom. The first kappa shape index (κ1) is 15.2. The van der Waals surface area contributed by atoms with Crippen molar-refractivity contribution in [2.24, 2.45) is 5.92 Å². The Labute approximate surface area is 112 Å². The molecular formula is C16H27NO. The van der Waals surface area contributed by atoms with Gasteiger partial charge in [-0.2, -0.15) is 0 Å². The van der Waals surface area contributed by atoms with E-state index in [9.17, 15) is 0 Å². The SMILES string of the molecule is CCCNC(c1ccccc1)C(C)CCOCC. The van der Waals surface area contributed by atoms with E-state index in [0.717, 1.165) is 26.2 Å². The lowest BCUT2D eigenvalue weighted by atomic mass is 9.92. The van der Waals surface area contributed by atoms with Crippen LogP contribution in [0.4, 0.5) is 0 Å². The average Bonchev–Trinajstić information content (AvgIpc) is 2.41. The third-order valence-electron chi connectivity index (χ3n) is 3.26. The van der Waals surface area contributed by atoms with E-state index in [1.165, 1.54) is 12.0 Å². The van der Waals surface area contributed by atoms with Crippen molar-refractivity contribution in [3.63, 3.8) is 0 Å². The molecule has 0 aromatic heterocycles. The highest BCUT2D eigenvalue weighted by Crippen LogP contribution is 2.24. The Hall–Kier alpha value is -0.860. The van der Waals surface area contributed by atoms with Crippen molar-refractivity contribution in [2.75, 3.05) is 19.8 Å². The molecule has 0 aliphatic heterocycles. The van der Waals surface area contributed by atoms with Gasteiger partial charge in [-0.15, -0.1) is 0 Å². The van der Waals surface area contributed by atoms with Crippen LogP contribution in [-0.4, -0.2) is 19.8 Å². The van der Waals surface area contributed by atoms with Gasteiger partial charge in [0.2, 0.25) is 0 Å². The van der Waals surface area contributed by atoms with E-state index < -0.39 is 0 Å². The molecule has 1 aromatic rings. The molecule has 102 valence electrons. The maximum Gasteiger partial charge on any atom is 0.0469 e. The first-order valence-corrected chi connectivity index (χ1v) is 7.15. The van der Waals surface area contributed by atoms with Gasteiger partial charge in [0.25, 0.3) is 0 Å². The third kappa shape index (κ3) is 5.19. The van der Waals surface area contributed by atoms with Gasteiger partial charge in [-0.1, -0.05) is 44.2 Å². The maximum atomic E-state index is 5.47. The van der Waals surface area contributed by atoms with Crippen molar-refractivity contribution in [2.45, 2.75) is 39.7 Å². The quantitative estimate of drug-likeness (QED) is 0.672. The lowest BCUT2D eigenvalue weighted by Gasteiger charge is -2.25. The number of nitrogens with one attached hydrogen (secondary N) is 1. The summed E-state index contributed by atoms with van der Waals surface area (Å²) in [4.78, 5) is 0. The van der Waals surface area contributed by atoms with Gasteiger partial charge < -0.3 is 10.1 Å². The summed E-state index contributed by atoms with van der Waals surface area (Å²) in [5.41, 5.74) is 1.38. The molecule has 0 spiro atoms. The third-order valence-corrected chi connectivity index (χ3v) is 3.26. The lowest BCUT2D eigenvalue weighted by Crippen LogP contribution is -2.28. The molecule has 0 aliphatic rings. The fourth-order valence-electron chi connectivity index (χ4n) is 2.19. The molecule has 2 heteroatoms. The molecule has 1 aromatic carbocycles. The fourth-order valence-corrected chi connectivity index (χ4v) is 2.19. The van der Waals surface area contributed by atoms with E-state index in [2.05, 4.69) is 56.4 Å². The van der Waals surface area contributed by atoms with Crippen LogP contribution in [-0.2, 0) is 4.74 Å². The lowest BCUT2D eigenvalue weighted by molar-refractivity contribution is 0.127. The summed E-state index contributed by atoms with van der Waals surface area (Å²) in [5, 5.41) is 3.66. The first-order chi connectivity index (χ1) is 8.79. The van der Waals surface area contributed by atoms with E-state index in [1.54, 1.807) is 0 Å². The van der Waals surface area contributed by atoms with Crippen molar-refractivity contribution in [1.29, 1.82) is 0 Å². The number of benzene rings is 1. The Balaban J connectivity index is 2.59. The minimum absolute atomic E-state index is 0.437. The van der Waals surface area contributed by atoms with E-state index in [0.29, 0.717) is 12.0 Å². The molecule has 0 bridgehead atoms. The smallest absolute Gasteiger partial charge is 0.0469 e. The monoisotopic (exact) mass is 249 g/mol. The van der Waals surface area contributed by atoms with Crippen LogP contribution in [0.15, 0.2) is 30.3 Å². The number of hydrogen-bond donors (Lipinski definition) is 1. The van der Waals surface area contributed by atoms with Gasteiger partial charge in [0.15, 0.2) is 0 Å². The molecule has 0 amide bonds. The van der Waals surface area contributed by atoms with Crippen LogP contribution in [0.25, 0.3) is 0 Å². The van der Waals surface area contributed by atoms with Crippen molar-refractivity contribution in [3.05, 3.63) is 35.9 Å². The number of hydrogen-bond acceptors (Lipinski definition) is 2. The molecule has 2 nitrogen and oxygen atoms in total. The summed E-state index contributed by atoms with van der Waals surface area (Å²) in [5.74, 6) is 0.588. The van der Waals surface area contributed by atoms with E-state index in [1.807, 2.05) is 0 Å². The highest BCUT2D eigenvalue weighted by Gasteiger charge is 2.17. The van der Waals surface area contributed by atoms with E-state index in [4.69, 9.17) is 4.74 Å². The minimum atomic E-state index is 0.437. The van der Waals surface area contributed by atoms with Crippen LogP contribution in [0.3, 0.4) is 0 Å². The summed E-state index contributed by atoms with van der Waals surface area (Å²) in [6.07, 6.45) is 2.27. The molecule has 0 saturated heterocycles. The molecule has 0 fully saturated rings. The fraction of sp³-hybridized carbons (Fsp3) is 0.625. The Morgan fingerprint density at radius 1 is 1.17 bits per heavy atom. The second-order valence-electron chi connectivity index (χ2n) is 4.81. The molecular weight excluding hydrogens is 222 g/mol. The van der Waals surface area contributed by atoms with Crippen molar-refractivity contribution in [3.8, 4) is 0 Å². The molecule has 1 rings (SSSR count). The van der Waals surface area contributed by atoms with Gasteiger partial charge in [0.05, 0.1) is 0 Å². The average molecular weight is 249 g/mol. The van der Waals surface area contributed by atoms with Crippen LogP contribution in [0, 0.1) is 5.92 Å². The van der Waals surface area contributed by atoms with E-state index in [-0.39, 0.29) is 0 Å². The molecule has 18 heavy (non-hydrogen) atoms. The van der Waals surface area contributed by atoms with Crippen LogP contribution in [0.1, 0.15) is 45.2 Å². The standard InChI is InChI=1S/C16H27NO/c1-4-12-17-16(14(3)11-13-18-5-2)15-9-7-6-8-10-15/h6-10,14,16-17H,4-5,11-13H2,1-3H3. The highest BCUT2D eigenvalue weighted by molar-refractivity contribution is 5.19. The first-order valence-electron chi connectivity index (χ1n) is 7.15. The molecule has 0 saturated carbocycles. The summed E-state index contributed by atoms with van der Waals surface area (Å²) < 4.78 is 5.47. The van der Waals surface area contributed by atoms with Crippen molar-refractivity contribution < 1.29 is 4.74 Å². The zero-order valence-corrected chi connectivity index (χ0v) is 12.0. The molecule has 0 heterocycles. The predicted molar refractivity (Wildman–Crippen MR) is 77.8 cm³/mol. The van der Waals surface area contributed by atoms with Gasteiger partial charge in [0, 0.05) is 19.3 Å². The normalized spacial score (nSPS) is 14.4. The molecule has 0 aliphatic carbocycles. The van der Waals surface area contributed by atoms with Gasteiger partial charge in [-0.25, -0.2) is 0 Å².